The van der Waals surface area contributed by atoms with Gasteiger partial charge in [0.05, 0.1) is 23.8 Å². The van der Waals surface area contributed by atoms with E-state index in [2.05, 4.69) is 35.2 Å². The molecule has 0 saturated carbocycles. The van der Waals surface area contributed by atoms with E-state index in [9.17, 15) is 0 Å². The standard InChI is InChI=1S/C16H16ClN3S/c1-11-7-13(16-18-15(8-17)10-21-16)3-4-14(11)9-20-6-5-12(2)19-20/h3-7,10H,8-9H2,1-2H3. The Labute approximate surface area is 133 Å². The molecule has 3 nitrogen and oxygen atoms in total. The fourth-order valence-electron chi connectivity index (χ4n) is 2.23. The Balaban J connectivity index is 1.85. The number of thiazole rings is 1. The van der Waals surface area contributed by atoms with Crippen LogP contribution in [0.2, 0.25) is 0 Å². The van der Waals surface area contributed by atoms with E-state index in [-0.39, 0.29) is 0 Å². The van der Waals surface area contributed by atoms with Gasteiger partial charge in [-0.05, 0) is 37.1 Å². The summed E-state index contributed by atoms with van der Waals surface area (Å²) in [6.07, 6.45) is 2.01. The molecule has 3 aromatic rings. The molecule has 0 amide bonds. The van der Waals surface area contributed by atoms with E-state index in [1.165, 1.54) is 11.1 Å². The topological polar surface area (TPSA) is 30.7 Å². The number of halogens is 1. The maximum atomic E-state index is 5.81. The third-order valence-corrected chi connectivity index (χ3v) is 4.60. The van der Waals surface area contributed by atoms with Gasteiger partial charge in [0.25, 0.3) is 0 Å². The van der Waals surface area contributed by atoms with Crippen LogP contribution in [0.25, 0.3) is 10.6 Å². The highest BCUT2D eigenvalue weighted by Crippen LogP contribution is 2.26. The fourth-order valence-corrected chi connectivity index (χ4v) is 3.28. The van der Waals surface area contributed by atoms with Crippen molar-refractivity contribution in [3.05, 3.63) is 58.4 Å². The van der Waals surface area contributed by atoms with Crippen LogP contribution in [-0.4, -0.2) is 14.8 Å². The van der Waals surface area contributed by atoms with Gasteiger partial charge < -0.3 is 0 Å². The summed E-state index contributed by atoms with van der Waals surface area (Å²) in [6.45, 7) is 4.93. The Morgan fingerprint density at radius 2 is 2.10 bits per heavy atom. The van der Waals surface area contributed by atoms with Crippen LogP contribution in [0.1, 0.15) is 22.5 Å². The number of alkyl halides is 1. The minimum atomic E-state index is 0.464. The van der Waals surface area contributed by atoms with Crippen LogP contribution in [0.15, 0.2) is 35.8 Å². The third-order valence-electron chi connectivity index (χ3n) is 3.38. The average molecular weight is 318 g/mol. The van der Waals surface area contributed by atoms with Gasteiger partial charge in [-0.2, -0.15) is 5.10 Å². The first-order chi connectivity index (χ1) is 10.2. The van der Waals surface area contributed by atoms with E-state index in [0.717, 1.165) is 28.5 Å². The largest absolute Gasteiger partial charge is 0.268 e. The number of nitrogens with zero attached hydrogens (tertiary/aromatic N) is 3. The van der Waals surface area contributed by atoms with Crippen molar-refractivity contribution < 1.29 is 0 Å². The van der Waals surface area contributed by atoms with Crippen molar-refractivity contribution in [3.8, 4) is 10.6 Å². The van der Waals surface area contributed by atoms with Gasteiger partial charge in [-0.25, -0.2) is 4.98 Å². The summed E-state index contributed by atoms with van der Waals surface area (Å²) in [5, 5.41) is 7.47. The number of aromatic nitrogens is 3. The van der Waals surface area contributed by atoms with Crippen LogP contribution in [0.3, 0.4) is 0 Å². The molecule has 1 aromatic carbocycles. The zero-order chi connectivity index (χ0) is 14.8. The second kappa shape index (κ2) is 6.00. The van der Waals surface area contributed by atoms with Gasteiger partial charge in [-0.1, -0.05) is 12.1 Å². The molecular formula is C16H16ClN3S. The molecule has 0 spiro atoms. The molecule has 0 aliphatic carbocycles. The molecule has 0 aliphatic heterocycles. The van der Waals surface area contributed by atoms with Crippen LogP contribution < -0.4 is 0 Å². The van der Waals surface area contributed by atoms with Gasteiger partial charge in [0.2, 0.25) is 0 Å². The molecule has 0 radical (unpaired) electrons. The first-order valence-corrected chi connectivity index (χ1v) is 8.17. The highest BCUT2D eigenvalue weighted by molar-refractivity contribution is 7.13. The molecule has 0 fully saturated rings. The lowest BCUT2D eigenvalue weighted by Gasteiger charge is -2.08. The summed E-state index contributed by atoms with van der Waals surface area (Å²) in [5.41, 5.74) is 5.65. The number of hydrogen-bond donors (Lipinski definition) is 0. The van der Waals surface area contributed by atoms with Crippen LogP contribution in [0.4, 0.5) is 0 Å². The van der Waals surface area contributed by atoms with E-state index < -0.39 is 0 Å². The van der Waals surface area contributed by atoms with Gasteiger partial charge in [-0.3, -0.25) is 4.68 Å². The molecule has 0 bridgehead atoms. The quantitative estimate of drug-likeness (QED) is 0.667. The molecule has 0 N–H and O–H groups in total. The molecular weight excluding hydrogens is 302 g/mol. The second-order valence-corrected chi connectivity index (χ2v) is 6.20. The van der Waals surface area contributed by atoms with Gasteiger partial charge in [0, 0.05) is 17.1 Å². The summed E-state index contributed by atoms with van der Waals surface area (Å²) in [5.74, 6) is 0.464. The van der Waals surface area contributed by atoms with Crippen LogP contribution in [0.5, 0.6) is 0 Å². The van der Waals surface area contributed by atoms with E-state index >= 15 is 0 Å². The Morgan fingerprint density at radius 1 is 1.24 bits per heavy atom. The lowest BCUT2D eigenvalue weighted by Crippen LogP contribution is -2.02. The number of aryl methyl sites for hydroxylation is 2. The van der Waals surface area contributed by atoms with Gasteiger partial charge >= 0.3 is 0 Å². The number of benzene rings is 1. The SMILES string of the molecule is Cc1ccn(Cc2ccc(-c3nc(CCl)cs3)cc2C)n1. The predicted molar refractivity (Wildman–Crippen MR) is 87.9 cm³/mol. The molecule has 2 aromatic heterocycles. The Kier molecular flexibility index (Phi) is 4.08. The Morgan fingerprint density at radius 3 is 2.71 bits per heavy atom. The lowest BCUT2D eigenvalue weighted by molar-refractivity contribution is 0.677. The normalized spacial score (nSPS) is 11.0. The molecule has 5 heteroatoms. The van der Waals surface area contributed by atoms with Crippen molar-refractivity contribution in [1.82, 2.24) is 14.8 Å². The second-order valence-electron chi connectivity index (χ2n) is 5.07. The first kappa shape index (κ1) is 14.3. The highest BCUT2D eigenvalue weighted by Gasteiger charge is 2.07. The van der Waals surface area contributed by atoms with Gasteiger partial charge in [0.15, 0.2) is 0 Å². The molecule has 108 valence electrons. The monoisotopic (exact) mass is 317 g/mol. The van der Waals surface area contributed by atoms with Gasteiger partial charge in [0.1, 0.15) is 5.01 Å². The summed E-state index contributed by atoms with van der Waals surface area (Å²) >= 11 is 7.45. The van der Waals surface area contributed by atoms with Crippen molar-refractivity contribution in [2.75, 3.05) is 0 Å². The molecule has 0 atom stereocenters. The van der Waals surface area contributed by atoms with Crippen molar-refractivity contribution >= 4 is 22.9 Å². The number of rotatable bonds is 4. The van der Waals surface area contributed by atoms with Crippen LogP contribution in [0, 0.1) is 13.8 Å². The fraction of sp³-hybridized carbons (Fsp3) is 0.250. The third kappa shape index (κ3) is 3.17. The van der Waals surface area contributed by atoms with E-state index in [1.54, 1.807) is 11.3 Å². The maximum absolute atomic E-state index is 5.81. The molecule has 0 aliphatic rings. The summed E-state index contributed by atoms with van der Waals surface area (Å²) in [7, 11) is 0. The Bertz CT molecular complexity index is 760. The van der Waals surface area contributed by atoms with Crippen molar-refractivity contribution in [2.24, 2.45) is 0 Å². The molecule has 3 rings (SSSR count). The van der Waals surface area contributed by atoms with Crippen LogP contribution >= 0.6 is 22.9 Å². The molecule has 0 saturated heterocycles. The highest BCUT2D eigenvalue weighted by atomic mass is 35.5. The van der Waals surface area contributed by atoms with Crippen molar-refractivity contribution in [2.45, 2.75) is 26.3 Å². The minimum Gasteiger partial charge on any atom is -0.268 e. The lowest BCUT2D eigenvalue weighted by atomic mass is 10.1. The zero-order valence-corrected chi connectivity index (χ0v) is 13.6. The van der Waals surface area contributed by atoms with E-state index in [0.29, 0.717) is 5.88 Å². The minimum absolute atomic E-state index is 0.464. The summed E-state index contributed by atoms with van der Waals surface area (Å²) < 4.78 is 1.96. The van der Waals surface area contributed by atoms with Crippen LogP contribution in [-0.2, 0) is 12.4 Å². The molecule has 0 unspecified atom stereocenters. The summed E-state index contributed by atoms with van der Waals surface area (Å²) in [4.78, 5) is 4.53. The summed E-state index contributed by atoms with van der Waals surface area (Å²) in [6, 6.07) is 8.48. The predicted octanol–water partition coefficient (Wildman–Crippen LogP) is 4.41. The maximum Gasteiger partial charge on any atom is 0.123 e. The van der Waals surface area contributed by atoms with Crippen molar-refractivity contribution in [1.29, 1.82) is 0 Å². The Hall–Kier alpha value is -1.65. The van der Waals surface area contributed by atoms with E-state index in [4.69, 9.17) is 11.6 Å². The van der Waals surface area contributed by atoms with Gasteiger partial charge in [-0.15, -0.1) is 22.9 Å². The van der Waals surface area contributed by atoms with E-state index in [1.807, 2.05) is 29.2 Å². The zero-order valence-electron chi connectivity index (χ0n) is 12.0. The van der Waals surface area contributed by atoms with Crippen molar-refractivity contribution in [3.63, 3.8) is 0 Å². The smallest absolute Gasteiger partial charge is 0.123 e. The molecule has 2 heterocycles. The number of hydrogen-bond acceptors (Lipinski definition) is 3. The average Bonchev–Trinajstić information content (AvgIpc) is 3.10. The molecule has 21 heavy (non-hydrogen) atoms. The first-order valence-electron chi connectivity index (χ1n) is 6.76.